The third-order valence-corrected chi connectivity index (χ3v) is 4.91. The summed E-state index contributed by atoms with van der Waals surface area (Å²) >= 11 is 0. The summed E-state index contributed by atoms with van der Waals surface area (Å²) in [5.41, 5.74) is 1.92. The van der Waals surface area contributed by atoms with Crippen molar-refractivity contribution in [2.24, 2.45) is 5.92 Å². The minimum Gasteiger partial charge on any atom is -0.461 e. The lowest BCUT2D eigenvalue weighted by Crippen LogP contribution is -2.41. The minimum absolute atomic E-state index is 0.0206. The first-order valence-electron chi connectivity index (χ1n) is 10.0. The summed E-state index contributed by atoms with van der Waals surface area (Å²) in [6.07, 6.45) is 2.24. The first-order valence-corrected chi connectivity index (χ1v) is 10.0. The summed E-state index contributed by atoms with van der Waals surface area (Å²) in [5.74, 6) is -0.498. The molecule has 1 amide bonds. The molecule has 0 bridgehead atoms. The number of Topliss-reactive ketones (excluding diaryl/α,β-unsaturated/α-hetero) is 1. The third-order valence-electron chi connectivity index (χ3n) is 4.91. The molecular formula is C21H32N2O5. The average molecular weight is 392 g/mol. The van der Waals surface area contributed by atoms with Gasteiger partial charge in [-0.25, -0.2) is 4.79 Å². The second-order valence-corrected chi connectivity index (χ2v) is 7.78. The largest absolute Gasteiger partial charge is 0.461 e. The van der Waals surface area contributed by atoms with E-state index in [-0.39, 0.29) is 36.9 Å². The van der Waals surface area contributed by atoms with Crippen molar-refractivity contribution in [3.05, 3.63) is 22.5 Å². The number of ketones is 1. The maximum absolute atomic E-state index is 13.0. The molecule has 1 saturated heterocycles. The lowest BCUT2D eigenvalue weighted by atomic mass is 10.0. The van der Waals surface area contributed by atoms with Crippen LogP contribution in [0.5, 0.6) is 0 Å². The molecule has 2 rings (SSSR count). The highest BCUT2D eigenvalue weighted by Crippen LogP contribution is 2.21. The van der Waals surface area contributed by atoms with Crippen molar-refractivity contribution >= 4 is 17.7 Å². The maximum Gasteiger partial charge on any atom is 0.355 e. The van der Waals surface area contributed by atoms with Gasteiger partial charge in [0.15, 0.2) is 5.78 Å². The van der Waals surface area contributed by atoms with Crippen LogP contribution in [0.25, 0.3) is 0 Å². The van der Waals surface area contributed by atoms with Crippen LogP contribution in [-0.2, 0) is 14.3 Å². The number of carbonyl (C=O) groups is 3. The molecule has 7 heteroatoms. The summed E-state index contributed by atoms with van der Waals surface area (Å²) in [5, 5.41) is 0. The zero-order valence-electron chi connectivity index (χ0n) is 17.6. The number of hydrogen-bond acceptors (Lipinski definition) is 5. The average Bonchev–Trinajstić information content (AvgIpc) is 3.21. The second-order valence-electron chi connectivity index (χ2n) is 7.78. The van der Waals surface area contributed by atoms with E-state index < -0.39 is 5.97 Å². The lowest BCUT2D eigenvalue weighted by molar-refractivity contribution is -0.133. The molecule has 7 nitrogen and oxygen atoms in total. The van der Waals surface area contributed by atoms with Crippen molar-refractivity contribution in [2.45, 2.75) is 60.0 Å². The molecule has 2 heterocycles. The van der Waals surface area contributed by atoms with E-state index in [4.69, 9.17) is 9.47 Å². The molecule has 1 aliphatic heterocycles. The number of carbonyl (C=O) groups excluding carboxylic acids is 3. The lowest BCUT2D eigenvalue weighted by Gasteiger charge is -2.26. The van der Waals surface area contributed by atoms with E-state index in [9.17, 15) is 14.4 Å². The van der Waals surface area contributed by atoms with Gasteiger partial charge in [0.05, 0.1) is 19.3 Å². The maximum atomic E-state index is 13.0. The number of aromatic amines is 1. The minimum atomic E-state index is -0.478. The van der Waals surface area contributed by atoms with Gasteiger partial charge in [-0.15, -0.1) is 0 Å². The summed E-state index contributed by atoms with van der Waals surface area (Å²) in [6, 6.07) is 0. The number of hydrogen-bond donors (Lipinski definition) is 1. The Kier molecular flexibility index (Phi) is 7.80. The zero-order chi connectivity index (χ0) is 20.8. The molecule has 28 heavy (non-hydrogen) atoms. The van der Waals surface area contributed by atoms with Gasteiger partial charge in [-0.2, -0.15) is 0 Å². The number of nitrogens with zero attached hydrogens (tertiary/aromatic N) is 1. The van der Waals surface area contributed by atoms with Crippen LogP contribution >= 0.6 is 0 Å². The Labute approximate surface area is 166 Å². The van der Waals surface area contributed by atoms with Crippen molar-refractivity contribution < 1.29 is 23.9 Å². The molecule has 0 aromatic carbocycles. The number of esters is 1. The second kappa shape index (κ2) is 9.87. The van der Waals surface area contributed by atoms with Crippen LogP contribution in [-0.4, -0.2) is 60.0 Å². The molecule has 0 aliphatic carbocycles. The van der Waals surface area contributed by atoms with Gasteiger partial charge in [0.25, 0.3) is 0 Å². The predicted octanol–water partition coefficient (Wildman–Crippen LogP) is 3.04. The van der Waals surface area contributed by atoms with Crippen molar-refractivity contribution in [1.82, 2.24) is 9.88 Å². The van der Waals surface area contributed by atoms with Crippen LogP contribution in [0.1, 0.15) is 72.1 Å². The Balaban J connectivity index is 2.20. The molecule has 0 spiro atoms. The van der Waals surface area contributed by atoms with Crippen LogP contribution < -0.4 is 0 Å². The van der Waals surface area contributed by atoms with Crippen LogP contribution in [0.4, 0.5) is 0 Å². The van der Waals surface area contributed by atoms with E-state index >= 15 is 0 Å². The van der Waals surface area contributed by atoms with Gasteiger partial charge < -0.3 is 19.4 Å². The van der Waals surface area contributed by atoms with Crippen molar-refractivity contribution in [3.63, 3.8) is 0 Å². The molecule has 1 aromatic rings. The van der Waals surface area contributed by atoms with Crippen LogP contribution in [0.2, 0.25) is 0 Å². The SMILES string of the molecule is CCOC(=O)c1[nH]c(C)c(C(=O)CN(C[C@H]2CCCO2)C(=O)CC(C)C)c1C. The van der Waals surface area contributed by atoms with Gasteiger partial charge in [-0.1, -0.05) is 13.8 Å². The van der Waals surface area contributed by atoms with E-state index in [0.29, 0.717) is 42.1 Å². The first-order chi connectivity index (χ1) is 13.2. The van der Waals surface area contributed by atoms with Gasteiger partial charge in [-0.3, -0.25) is 9.59 Å². The number of rotatable bonds is 9. The van der Waals surface area contributed by atoms with Gasteiger partial charge in [0, 0.05) is 30.8 Å². The van der Waals surface area contributed by atoms with Crippen molar-refractivity contribution in [1.29, 1.82) is 0 Å². The highest BCUT2D eigenvalue weighted by Gasteiger charge is 2.28. The number of H-pyrrole nitrogens is 1. The van der Waals surface area contributed by atoms with Crippen LogP contribution in [0, 0.1) is 19.8 Å². The summed E-state index contributed by atoms with van der Waals surface area (Å²) in [6.45, 7) is 10.5. The highest BCUT2D eigenvalue weighted by atomic mass is 16.5. The van der Waals surface area contributed by atoms with E-state index in [1.165, 1.54) is 0 Å². The smallest absolute Gasteiger partial charge is 0.355 e. The summed E-state index contributed by atoms with van der Waals surface area (Å²) in [7, 11) is 0. The van der Waals surface area contributed by atoms with Gasteiger partial charge >= 0.3 is 5.97 Å². The Bertz CT molecular complexity index is 717. The molecular weight excluding hydrogens is 360 g/mol. The van der Waals surface area contributed by atoms with E-state index in [1.807, 2.05) is 13.8 Å². The van der Waals surface area contributed by atoms with Gasteiger partial charge in [-0.05, 0) is 45.1 Å². The molecule has 1 aromatic heterocycles. The van der Waals surface area contributed by atoms with Crippen LogP contribution in [0.3, 0.4) is 0 Å². The fourth-order valence-electron chi connectivity index (χ4n) is 3.60. The Morgan fingerprint density at radius 2 is 2.00 bits per heavy atom. The highest BCUT2D eigenvalue weighted by molar-refractivity contribution is 6.04. The Morgan fingerprint density at radius 1 is 1.29 bits per heavy atom. The molecule has 0 radical (unpaired) electrons. The van der Waals surface area contributed by atoms with E-state index in [1.54, 1.807) is 25.7 Å². The Hall–Kier alpha value is -2.15. The summed E-state index contributed by atoms with van der Waals surface area (Å²) in [4.78, 5) is 42.4. The van der Waals surface area contributed by atoms with Crippen molar-refractivity contribution in [3.8, 4) is 0 Å². The first kappa shape index (κ1) is 22.1. The topological polar surface area (TPSA) is 88.7 Å². The van der Waals surface area contributed by atoms with Crippen molar-refractivity contribution in [2.75, 3.05) is 26.3 Å². The molecule has 0 unspecified atom stereocenters. The van der Waals surface area contributed by atoms with Gasteiger partial charge in [0.2, 0.25) is 5.91 Å². The molecule has 0 saturated carbocycles. The number of nitrogens with one attached hydrogen (secondary N) is 1. The molecule has 1 N–H and O–H groups in total. The molecule has 1 atom stereocenters. The van der Waals surface area contributed by atoms with Gasteiger partial charge in [0.1, 0.15) is 5.69 Å². The predicted molar refractivity (Wildman–Crippen MR) is 106 cm³/mol. The Morgan fingerprint density at radius 3 is 2.57 bits per heavy atom. The van der Waals surface area contributed by atoms with E-state index in [0.717, 1.165) is 12.8 Å². The van der Waals surface area contributed by atoms with Crippen LogP contribution in [0.15, 0.2) is 0 Å². The molecule has 1 fully saturated rings. The normalized spacial score (nSPS) is 16.4. The standard InChI is InChI=1S/C21H32N2O5/c1-6-27-21(26)20-14(4)19(15(5)22-20)17(24)12-23(18(25)10-13(2)3)11-16-8-7-9-28-16/h13,16,22H,6-12H2,1-5H3/t16-/m1/s1. The molecule has 1 aliphatic rings. The molecule has 156 valence electrons. The summed E-state index contributed by atoms with van der Waals surface area (Å²) < 4.78 is 10.7. The number of aromatic nitrogens is 1. The zero-order valence-corrected chi connectivity index (χ0v) is 17.6. The quantitative estimate of drug-likeness (QED) is 0.515. The fraction of sp³-hybridized carbons (Fsp3) is 0.667. The number of aryl methyl sites for hydroxylation is 1. The monoisotopic (exact) mass is 392 g/mol. The number of amides is 1. The van der Waals surface area contributed by atoms with E-state index in [2.05, 4.69) is 4.98 Å². The fourth-order valence-corrected chi connectivity index (χ4v) is 3.60. The third kappa shape index (κ3) is 5.44. The number of ether oxygens (including phenoxy) is 2.